The van der Waals surface area contributed by atoms with Crippen molar-refractivity contribution in [2.24, 2.45) is 5.92 Å². The molecule has 3 heteroatoms. The number of carbonyl (C=O) groups excluding carboxylic acids is 1. The molecule has 2 aliphatic heterocycles. The molecule has 0 radical (unpaired) electrons. The Morgan fingerprint density at radius 3 is 2.46 bits per heavy atom. The van der Waals surface area contributed by atoms with Crippen molar-refractivity contribution in [2.45, 2.75) is 51.2 Å². The fourth-order valence-electron chi connectivity index (χ4n) is 4.51. The van der Waals surface area contributed by atoms with Gasteiger partial charge in [0.25, 0.3) is 0 Å². The van der Waals surface area contributed by atoms with E-state index < -0.39 is 0 Å². The molecular weight excluding hydrogens is 296 g/mol. The second-order valence-electron chi connectivity index (χ2n) is 7.21. The summed E-state index contributed by atoms with van der Waals surface area (Å²) >= 11 is 0. The number of hydrogen-bond donors (Lipinski definition) is 0. The molecule has 2 fully saturated rings. The van der Waals surface area contributed by atoms with Crippen LogP contribution in [0.5, 0.6) is 0 Å². The highest BCUT2D eigenvalue weighted by atomic mass is 16.1. The number of pyridine rings is 1. The standard InChI is InChI=1S/C21H24N2O/c1-15-20(8-5-11-22-15)21(24)17-12-18-9-10-19(13-17)23(18)14-16-6-3-2-4-7-16/h2-8,11,17-19H,9-10,12-14H2,1H3. The van der Waals surface area contributed by atoms with Crippen LogP contribution in [0.2, 0.25) is 0 Å². The molecule has 2 aliphatic rings. The summed E-state index contributed by atoms with van der Waals surface area (Å²) in [5, 5.41) is 0. The summed E-state index contributed by atoms with van der Waals surface area (Å²) in [6.07, 6.45) is 6.21. The highest BCUT2D eigenvalue weighted by Gasteiger charge is 2.42. The van der Waals surface area contributed by atoms with Crippen LogP contribution >= 0.6 is 0 Å². The van der Waals surface area contributed by atoms with Gasteiger partial charge in [0.05, 0.1) is 0 Å². The highest BCUT2D eigenvalue weighted by molar-refractivity contribution is 5.98. The predicted molar refractivity (Wildman–Crippen MR) is 94.8 cm³/mol. The van der Waals surface area contributed by atoms with Crippen LogP contribution in [0.1, 0.15) is 47.3 Å². The van der Waals surface area contributed by atoms with Gasteiger partial charge in [-0.25, -0.2) is 0 Å². The van der Waals surface area contributed by atoms with Crippen LogP contribution in [0.4, 0.5) is 0 Å². The van der Waals surface area contributed by atoms with Crippen molar-refractivity contribution >= 4 is 5.78 Å². The summed E-state index contributed by atoms with van der Waals surface area (Å²) in [5.74, 6) is 0.467. The van der Waals surface area contributed by atoms with Gasteiger partial charge >= 0.3 is 0 Å². The van der Waals surface area contributed by atoms with Gasteiger partial charge in [0.2, 0.25) is 0 Å². The molecule has 3 nitrogen and oxygen atoms in total. The van der Waals surface area contributed by atoms with E-state index in [1.165, 1.54) is 18.4 Å². The van der Waals surface area contributed by atoms with Gasteiger partial charge in [-0.15, -0.1) is 0 Å². The Morgan fingerprint density at radius 2 is 1.79 bits per heavy atom. The molecule has 0 amide bonds. The molecule has 2 unspecified atom stereocenters. The smallest absolute Gasteiger partial charge is 0.167 e. The number of rotatable bonds is 4. The number of nitrogens with zero attached hydrogens (tertiary/aromatic N) is 2. The third kappa shape index (κ3) is 2.89. The zero-order valence-corrected chi connectivity index (χ0v) is 14.2. The molecule has 124 valence electrons. The lowest BCUT2D eigenvalue weighted by atomic mass is 9.84. The van der Waals surface area contributed by atoms with E-state index in [0.717, 1.165) is 30.6 Å². The quantitative estimate of drug-likeness (QED) is 0.798. The molecule has 4 rings (SSSR count). The van der Waals surface area contributed by atoms with Gasteiger partial charge in [-0.3, -0.25) is 14.7 Å². The number of aromatic nitrogens is 1. The maximum Gasteiger partial charge on any atom is 0.167 e. The van der Waals surface area contributed by atoms with Crippen LogP contribution in [0.25, 0.3) is 0 Å². The molecule has 0 aliphatic carbocycles. The minimum atomic E-state index is 0.164. The minimum absolute atomic E-state index is 0.164. The number of aryl methyl sites for hydroxylation is 1. The van der Waals surface area contributed by atoms with Crippen LogP contribution in [-0.2, 0) is 6.54 Å². The summed E-state index contributed by atoms with van der Waals surface area (Å²) in [7, 11) is 0. The highest BCUT2D eigenvalue weighted by Crippen LogP contribution is 2.40. The third-order valence-corrected chi connectivity index (χ3v) is 5.74. The average molecular weight is 320 g/mol. The van der Waals surface area contributed by atoms with Crippen LogP contribution in [-0.4, -0.2) is 27.8 Å². The molecule has 2 bridgehead atoms. The van der Waals surface area contributed by atoms with Gasteiger partial charge in [0.15, 0.2) is 5.78 Å². The number of benzene rings is 1. The van der Waals surface area contributed by atoms with Gasteiger partial charge in [-0.2, -0.15) is 0 Å². The summed E-state index contributed by atoms with van der Waals surface area (Å²) in [6.45, 7) is 2.95. The van der Waals surface area contributed by atoms with E-state index in [4.69, 9.17) is 0 Å². The lowest BCUT2D eigenvalue weighted by Gasteiger charge is -2.38. The predicted octanol–water partition coefficient (Wildman–Crippen LogP) is 4.02. The molecule has 0 spiro atoms. The largest absolute Gasteiger partial charge is 0.294 e. The second kappa shape index (κ2) is 6.48. The molecule has 1 aromatic heterocycles. The topological polar surface area (TPSA) is 33.2 Å². The van der Waals surface area contributed by atoms with Crippen LogP contribution in [0, 0.1) is 12.8 Å². The van der Waals surface area contributed by atoms with E-state index in [1.807, 2.05) is 19.1 Å². The van der Waals surface area contributed by atoms with Gasteiger partial charge < -0.3 is 0 Å². The summed E-state index contributed by atoms with van der Waals surface area (Å²) in [4.78, 5) is 19.9. The van der Waals surface area contributed by atoms with E-state index in [-0.39, 0.29) is 5.92 Å². The Hall–Kier alpha value is -2.00. The SMILES string of the molecule is Cc1ncccc1C(=O)C1CC2CCC(C1)N2Cc1ccccc1. The average Bonchev–Trinajstić information content (AvgIpc) is 2.83. The van der Waals surface area contributed by atoms with Crippen molar-refractivity contribution in [1.82, 2.24) is 9.88 Å². The van der Waals surface area contributed by atoms with Gasteiger partial charge in [0.1, 0.15) is 0 Å². The summed E-state index contributed by atoms with van der Waals surface area (Å²) in [5.41, 5.74) is 3.06. The molecular formula is C21H24N2O. The molecule has 2 atom stereocenters. The Kier molecular flexibility index (Phi) is 4.19. The van der Waals surface area contributed by atoms with Crippen molar-refractivity contribution in [3.8, 4) is 0 Å². The number of Topliss-reactive ketones (excluding diaryl/α,β-unsaturated/α-hetero) is 1. The van der Waals surface area contributed by atoms with Crippen molar-refractivity contribution < 1.29 is 4.79 Å². The molecule has 1 aromatic carbocycles. The Morgan fingerprint density at radius 1 is 1.08 bits per heavy atom. The number of piperidine rings is 1. The zero-order valence-electron chi connectivity index (χ0n) is 14.2. The maximum absolute atomic E-state index is 12.9. The number of fused-ring (bicyclic) bond motifs is 2. The Bertz CT molecular complexity index is 714. The van der Waals surface area contributed by atoms with E-state index in [2.05, 4.69) is 40.2 Å². The van der Waals surface area contributed by atoms with E-state index in [9.17, 15) is 4.79 Å². The first-order chi connectivity index (χ1) is 11.7. The lowest BCUT2D eigenvalue weighted by Crippen LogP contribution is -2.44. The van der Waals surface area contributed by atoms with Crippen molar-refractivity contribution in [1.29, 1.82) is 0 Å². The van der Waals surface area contributed by atoms with E-state index in [1.54, 1.807) is 6.20 Å². The number of hydrogen-bond acceptors (Lipinski definition) is 3. The van der Waals surface area contributed by atoms with Gasteiger partial charge in [-0.1, -0.05) is 30.3 Å². The maximum atomic E-state index is 12.9. The second-order valence-corrected chi connectivity index (χ2v) is 7.21. The van der Waals surface area contributed by atoms with Gasteiger partial charge in [0, 0.05) is 42.0 Å². The number of carbonyl (C=O) groups is 1. The molecule has 3 heterocycles. The summed E-state index contributed by atoms with van der Waals surface area (Å²) < 4.78 is 0. The van der Waals surface area contributed by atoms with Crippen LogP contribution in [0.3, 0.4) is 0 Å². The molecule has 2 aromatic rings. The van der Waals surface area contributed by atoms with E-state index in [0.29, 0.717) is 17.9 Å². The van der Waals surface area contributed by atoms with Gasteiger partial charge in [-0.05, 0) is 50.3 Å². The summed E-state index contributed by atoms with van der Waals surface area (Å²) in [6, 6.07) is 15.6. The normalized spacial score (nSPS) is 26.5. The zero-order chi connectivity index (χ0) is 16.5. The first-order valence-corrected chi connectivity index (χ1v) is 8.98. The third-order valence-electron chi connectivity index (χ3n) is 5.74. The molecule has 0 saturated carbocycles. The first-order valence-electron chi connectivity index (χ1n) is 8.98. The first kappa shape index (κ1) is 15.5. The fraction of sp³-hybridized carbons (Fsp3) is 0.429. The van der Waals surface area contributed by atoms with Crippen LogP contribution in [0.15, 0.2) is 48.7 Å². The number of ketones is 1. The monoisotopic (exact) mass is 320 g/mol. The lowest BCUT2D eigenvalue weighted by molar-refractivity contribution is 0.0677. The molecule has 0 N–H and O–H groups in total. The molecule has 24 heavy (non-hydrogen) atoms. The van der Waals surface area contributed by atoms with E-state index >= 15 is 0 Å². The van der Waals surface area contributed by atoms with Crippen molar-refractivity contribution in [3.05, 3.63) is 65.5 Å². The van der Waals surface area contributed by atoms with Crippen molar-refractivity contribution in [3.63, 3.8) is 0 Å². The van der Waals surface area contributed by atoms with Crippen LogP contribution < -0.4 is 0 Å². The molecule has 2 saturated heterocycles. The van der Waals surface area contributed by atoms with Crippen molar-refractivity contribution in [2.75, 3.05) is 0 Å². The fourth-order valence-corrected chi connectivity index (χ4v) is 4.51. The Balaban J connectivity index is 1.48. The Labute approximate surface area is 143 Å². The minimum Gasteiger partial charge on any atom is -0.294 e.